The van der Waals surface area contributed by atoms with Gasteiger partial charge < -0.3 is 19.5 Å². The number of aliphatic hydroxyl groups is 1. The number of hydrogen-bond acceptors (Lipinski definition) is 6. The molecule has 1 N–H and O–H groups in total. The molecular formula is C42H83NO5. The van der Waals surface area contributed by atoms with E-state index in [4.69, 9.17) is 9.47 Å². The molecule has 0 radical (unpaired) electrons. The van der Waals surface area contributed by atoms with Crippen LogP contribution in [0.25, 0.3) is 0 Å². The number of carbonyl (C=O) groups excluding carboxylic acids is 2. The molecule has 6 heteroatoms. The van der Waals surface area contributed by atoms with Gasteiger partial charge in [-0.05, 0) is 82.7 Å². The molecule has 0 heterocycles. The van der Waals surface area contributed by atoms with Crippen LogP contribution < -0.4 is 0 Å². The minimum atomic E-state index is -0.0278. The highest BCUT2D eigenvalue weighted by Crippen LogP contribution is 2.23. The fraction of sp³-hybridized carbons (Fsp3) is 0.952. The number of ether oxygens (including phenoxy) is 2. The Hall–Kier alpha value is -1.14. The van der Waals surface area contributed by atoms with Crippen molar-refractivity contribution in [1.82, 2.24) is 4.90 Å². The van der Waals surface area contributed by atoms with Gasteiger partial charge in [-0.1, -0.05) is 137 Å². The van der Waals surface area contributed by atoms with Gasteiger partial charge in [0.25, 0.3) is 0 Å². The van der Waals surface area contributed by atoms with E-state index in [2.05, 4.69) is 39.5 Å². The Balaban J connectivity index is 3.99. The lowest BCUT2D eigenvalue weighted by atomic mass is 9.91. The average molecular weight is 682 g/mol. The Bertz CT molecular complexity index is 700. The molecule has 0 aromatic carbocycles. The van der Waals surface area contributed by atoms with Gasteiger partial charge in [0.2, 0.25) is 0 Å². The Kier molecular flexibility index (Phi) is 34.8. The number of hydrogen-bond donors (Lipinski definition) is 1. The van der Waals surface area contributed by atoms with Crippen molar-refractivity contribution in [3.63, 3.8) is 0 Å². The monoisotopic (exact) mass is 682 g/mol. The van der Waals surface area contributed by atoms with Crippen LogP contribution in [0.2, 0.25) is 0 Å². The maximum absolute atomic E-state index is 12.6. The molecule has 0 saturated carbocycles. The van der Waals surface area contributed by atoms with E-state index >= 15 is 0 Å². The Morgan fingerprint density at radius 3 is 1.67 bits per heavy atom. The van der Waals surface area contributed by atoms with Gasteiger partial charge in [-0.2, -0.15) is 0 Å². The molecule has 0 aliphatic heterocycles. The summed E-state index contributed by atoms with van der Waals surface area (Å²) in [4.78, 5) is 27.1. The highest BCUT2D eigenvalue weighted by molar-refractivity contribution is 5.69. The molecule has 6 nitrogen and oxygen atoms in total. The number of rotatable bonds is 37. The zero-order valence-corrected chi connectivity index (χ0v) is 32.9. The number of esters is 2. The lowest BCUT2D eigenvalue weighted by Gasteiger charge is -2.22. The molecule has 0 aliphatic carbocycles. The van der Waals surface area contributed by atoms with Crippen LogP contribution in [0.3, 0.4) is 0 Å². The first-order valence-corrected chi connectivity index (χ1v) is 21.0. The van der Waals surface area contributed by atoms with Crippen LogP contribution in [0, 0.1) is 11.8 Å². The van der Waals surface area contributed by atoms with E-state index in [0.717, 1.165) is 89.8 Å². The van der Waals surface area contributed by atoms with Gasteiger partial charge >= 0.3 is 11.9 Å². The minimum absolute atomic E-state index is 0.00355. The van der Waals surface area contributed by atoms with E-state index in [-0.39, 0.29) is 24.6 Å². The maximum atomic E-state index is 12.6. The van der Waals surface area contributed by atoms with Gasteiger partial charge in [0.05, 0.1) is 6.61 Å². The zero-order valence-electron chi connectivity index (χ0n) is 32.9. The first-order chi connectivity index (χ1) is 23.4. The van der Waals surface area contributed by atoms with E-state index in [0.29, 0.717) is 25.4 Å². The van der Waals surface area contributed by atoms with Crippen LogP contribution in [0.5, 0.6) is 0 Å². The summed E-state index contributed by atoms with van der Waals surface area (Å²) < 4.78 is 11.4. The molecule has 0 bridgehead atoms. The van der Waals surface area contributed by atoms with Crippen molar-refractivity contribution in [3.8, 4) is 0 Å². The van der Waals surface area contributed by atoms with E-state index in [1.54, 1.807) is 0 Å². The number of carbonyl (C=O) groups is 2. The SMILES string of the molecule is CCCCCCCCCOC(=O)CCCCCCCN(CCCO)CCCCCCCC(=O)OC(CCC(CC)CCCC)CC(C)C. The summed E-state index contributed by atoms with van der Waals surface area (Å²) in [5.41, 5.74) is 0. The average Bonchev–Trinajstić information content (AvgIpc) is 3.06. The highest BCUT2D eigenvalue weighted by atomic mass is 16.5. The van der Waals surface area contributed by atoms with E-state index in [1.807, 2.05) is 0 Å². The zero-order chi connectivity index (χ0) is 35.5. The second-order valence-corrected chi connectivity index (χ2v) is 15.0. The van der Waals surface area contributed by atoms with Crippen molar-refractivity contribution >= 4 is 11.9 Å². The molecular weight excluding hydrogens is 598 g/mol. The number of unbranched alkanes of at least 4 members (excludes halogenated alkanes) is 15. The standard InChI is InChI=1S/C42H83NO5/c1-6-9-11-12-13-20-25-36-47-41(45)28-21-16-14-18-23-32-43(34-26-35-44)33-24-19-15-17-22-29-42(46)48-40(37-38(4)5)31-30-39(8-3)27-10-7-2/h38-40,44H,6-37H2,1-5H3. The molecule has 0 fully saturated rings. The Labute approximate surface area is 299 Å². The van der Waals surface area contributed by atoms with Gasteiger partial charge in [-0.25, -0.2) is 0 Å². The third-order valence-electron chi connectivity index (χ3n) is 9.83. The normalized spacial score (nSPS) is 12.9. The summed E-state index contributed by atoms with van der Waals surface area (Å²) in [6.45, 7) is 15.2. The smallest absolute Gasteiger partial charge is 0.306 e. The minimum Gasteiger partial charge on any atom is -0.466 e. The number of nitrogens with zero attached hydrogens (tertiary/aromatic N) is 1. The van der Waals surface area contributed by atoms with E-state index in [9.17, 15) is 14.7 Å². The second kappa shape index (κ2) is 35.7. The van der Waals surface area contributed by atoms with Gasteiger partial charge in [0.1, 0.15) is 6.10 Å². The lowest BCUT2D eigenvalue weighted by Crippen LogP contribution is -2.27. The Morgan fingerprint density at radius 2 is 1.10 bits per heavy atom. The summed E-state index contributed by atoms with van der Waals surface area (Å²) >= 11 is 0. The van der Waals surface area contributed by atoms with Crippen molar-refractivity contribution in [1.29, 1.82) is 0 Å². The molecule has 2 atom stereocenters. The van der Waals surface area contributed by atoms with Crippen molar-refractivity contribution in [2.75, 3.05) is 32.8 Å². The quantitative estimate of drug-likeness (QED) is 0.0519. The first kappa shape index (κ1) is 46.9. The van der Waals surface area contributed by atoms with Gasteiger partial charge in [0.15, 0.2) is 0 Å². The molecule has 286 valence electrons. The molecule has 0 amide bonds. The van der Waals surface area contributed by atoms with E-state index in [1.165, 1.54) is 96.3 Å². The van der Waals surface area contributed by atoms with Crippen LogP contribution >= 0.6 is 0 Å². The van der Waals surface area contributed by atoms with E-state index < -0.39 is 0 Å². The highest BCUT2D eigenvalue weighted by Gasteiger charge is 2.18. The lowest BCUT2D eigenvalue weighted by molar-refractivity contribution is -0.150. The van der Waals surface area contributed by atoms with Gasteiger partial charge in [-0.3, -0.25) is 9.59 Å². The summed E-state index contributed by atoms with van der Waals surface area (Å²) in [6.07, 6.45) is 30.0. The van der Waals surface area contributed by atoms with Crippen LogP contribution in [0.15, 0.2) is 0 Å². The summed E-state index contributed by atoms with van der Waals surface area (Å²) in [5.74, 6) is 1.27. The topological polar surface area (TPSA) is 76.1 Å². The fourth-order valence-electron chi connectivity index (χ4n) is 6.68. The second-order valence-electron chi connectivity index (χ2n) is 15.0. The van der Waals surface area contributed by atoms with Crippen molar-refractivity contribution in [2.24, 2.45) is 11.8 Å². The van der Waals surface area contributed by atoms with Crippen molar-refractivity contribution in [3.05, 3.63) is 0 Å². The molecule has 0 saturated heterocycles. The molecule has 0 aromatic heterocycles. The Morgan fingerprint density at radius 1 is 0.583 bits per heavy atom. The summed E-state index contributed by atoms with van der Waals surface area (Å²) in [5, 5.41) is 9.35. The summed E-state index contributed by atoms with van der Waals surface area (Å²) in [7, 11) is 0. The van der Waals surface area contributed by atoms with Crippen LogP contribution in [-0.4, -0.2) is 60.9 Å². The first-order valence-electron chi connectivity index (χ1n) is 21.0. The molecule has 2 unspecified atom stereocenters. The predicted molar refractivity (Wildman–Crippen MR) is 204 cm³/mol. The maximum Gasteiger partial charge on any atom is 0.306 e. The third kappa shape index (κ3) is 32.1. The predicted octanol–water partition coefficient (Wildman–Crippen LogP) is 11.6. The summed E-state index contributed by atoms with van der Waals surface area (Å²) in [6, 6.07) is 0. The van der Waals surface area contributed by atoms with Crippen molar-refractivity contribution < 1.29 is 24.2 Å². The van der Waals surface area contributed by atoms with Crippen LogP contribution in [-0.2, 0) is 19.1 Å². The molecule has 0 spiro atoms. The van der Waals surface area contributed by atoms with Crippen molar-refractivity contribution in [2.45, 2.75) is 214 Å². The third-order valence-corrected chi connectivity index (χ3v) is 9.83. The molecule has 0 aromatic rings. The molecule has 48 heavy (non-hydrogen) atoms. The number of aliphatic hydroxyl groups excluding tert-OH is 1. The largest absolute Gasteiger partial charge is 0.466 e. The van der Waals surface area contributed by atoms with Crippen LogP contribution in [0.4, 0.5) is 0 Å². The fourth-order valence-corrected chi connectivity index (χ4v) is 6.68. The van der Waals surface area contributed by atoms with Gasteiger partial charge in [-0.15, -0.1) is 0 Å². The van der Waals surface area contributed by atoms with Gasteiger partial charge in [0, 0.05) is 26.0 Å². The molecule has 0 rings (SSSR count). The molecule has 0 aliphatic rings. The van der Waals surface area contributed by atoms with Crippen LogP contribution in [0.1, 0.15) is 208 Å².